The molecule has 1 aliphatic heterocycles. The van der Waals surface area contributed by atoms with Crippen LogP contribution in [0.4, 0.5) is 0 Å². The smallest absolute Gasteiger partial charge is 0.153 e. The Labute approximate surface area is 128 Å². The highest BCUT2D eigenvalue weighted by Gasteiger charge is 2.44. The highest BCUT2D eigenvalue weighted by atomic mass is 16.3. The monoisotopic (exact) mass is 284 g/mol. The van der Waals surface area contributed by atoms with E-state index >= 15 is 0 Å². The maximum absolute atomic E-state index is 11.0. The molecule has 2 heteroatoms. The molecule has 1 aliphatic carbocycles. The molecule has 1 aromatic carbocycles. The van der Waals surface area contributed by atoms with E-state index in [9.17, 15) is 5.11 Å². The summed E-state index contributed by atoms with van der Waals surface area (Å²) >= 11 is 0. The fourth-order valence-electron chi connectivity index (χ4n) is 3.31. The van der Waals surface area contributed by atoms with Gasteiger partial charge < -0.3 is 10.0 Å². The standard InChI is InChI=1S/C19H25NO/c21-19(18-11-12-18,17-9-4-3-5-10-17)13-8-16-20-14-6-1-2-7-15-20/h3-5,9-10,18,21H,1-2,6-7,11-12,14-16H2/p+1/t19-/m1/s1. The van der Waals surface area contributed by atoms with Crippen molar-refractivity contribution in [2.45, 2.75) is 44.1 Å². The van der Waals surface area contributed by atoms with Gasteiger partial charge in [-0.3, -0.25) is 0 Å². The molecule has 0 amide bonds. The molecule has 1 atom stereocenters. The Balaban J connectivity index is 1.70. The van der Waals surface area contributed by atoms with E-state index in [0.29, 0.717) is 5.92 Å². The van der Waals surface area contributed by atoms with Crippen molar-refractivity contribution in [3.8, 4) is 11.8 Å². The fraction of sp³-hybridized carbons (Fsp3) is 0.579. The maximum atomic E-state index is 11.0. The van der Waals surface area contributed by atoms with Gasteiger partial charge in [-0.05, 0) is 50.0 Å². The van der Waals surface area contributed by atoms with E-state index < -0.39 is 5.60 Å². The van der Waals surface area contributed by atoms with E-state index in [-0.39, 0.29) is 0 Å². The summed E-state index contributed by atoms with van der Waals surface area (Å²) in [6.45, 7) is 3.35. The largest absolute Gasteiger partial charge is 0.373 e. The summed E-state index contributed by atoms with van der Waals surface area (Å²) in [5.74, 6) is 6.86. The summed E-state index contributed by atoms with van der Waals surface area (Å²) in [6.07, 6.45) is 7.57. The van der Waals surface area contributed by atoms with Gasteiger partial charge in [-0.25, -0.2) is 0 Å². The minimum Gasteiger partial charge on any atom is -0.373 e. The lowest BCUT2D eigenvalue weighted by molar-refractivity contribution is -0.891. The summed E-state index contributed by atoms with van der Waals surface area (Å²) in [7, 11) is 0. The molecule has 112 valence electrons. The maximum Gasteiger partial charge on any atom is 0.153 e. The van der Waals surface area contributed by atoms with Crippen molar-refractivity contribution in [1.29, 1.82) is 0 Å². The number of benzene rings is 1. The molecule has 1 heterocycles. The van der Waals surface area contributed by atoms with Gasteiger partial charge >= 0.3 is 0 Å². The van der Waals surface area contributed by atoms with Gasteiger partial charge in [0.15, 0.2) is 5.60 Å². The molecule has 0 bridgehead atoms. The van der Waals surface area contributed by atoms with Crippen molar-refractivity contribution in [2.75, 3.05) is 19.6 Å². The average Bonchev–Trinajstić information content (AvgIpc) is 3.36. The average molecular weight is 284 g/mol. The van der Waals surface area contributed by atoms with Crippen LogP contribution in [0.3, 0.4) is 0 Å². The van der Waals surface area contributed by atoms with E-state index in [1.807, 2.05) is 30.3 Å². The van der Waals surface area contributed by atoms with Crippen molar-refractivity contribution >= 4 is 0 Å². The van der Waals surface area contributed by atoms with E-state index in [2.05, 4.69) is 11.8 Å². The second-order valence-corrected chi connectivity index (χ2v) is 6.55. The lowest BCUT2D eigenvalue weighted by Crippen LogP contribution is -3.11. The van der Waals surface area contributed by atoms with E-state index in [0.717, 1.165) is 24.9 Å². The Morgan fingerprint density at radius 3 is 2.33 bits per heavy atom. The van der Waals surface area contributed by atoms with Crippen molar-refractivity contribution in [1.82, 2.24) is 0 Å². The van der Waals surface area contributed by atoms with Crippen LogP contribution in [0.25, 0.3) is 0 Å². The molecule has 1 aromatic rings. The van der Waals surface area contributed by atoms with Gasteiger partial charge in [-0.1, -0.05) is 36.3 Å². The number of aliphatic hydroxyl groups is 1. The zero-order valence-electron chi connectivity index (χ0n) is 12.8. The summed E-state index contributed by atoms with van der Waals surface area (Å²) < 4.78 is 0. The third kappa shape index (κ3) is 3.67. The first-order valence-corrected chi connectivity index (χ1v) is 8.40. The molecule has 0 radical (unpaired) electrons. The zero-order chi connectivity index (χ0) is 14.5. The van der Waals surface area contributed by atoms with Gasteiger partial charge in [0, 0.05) is 5.92 Å². The summed E-state index contributed by atoms with van der Waals surface area (Å²) in [6, 6.07) is 9.98. The minimum absolute atomic E-state index is 0.325. The number of nitrogens with one attached hydrogen (secondary N) is 1. The van der Waals surface area contributed by atoms with Crippen LogP contribution in [0.15, 0.2) is 30.3 Å². The molecule has 21 heavy (non-hydrogen) atoms. The first-order chi connectivity index (χ1) is 10.3. The Kier molecular flexibility index (Phi) is 4.63. The summed E-state index contributed by atoms with van der Waals surface area (Å²) in [5, 5.41) is 11.0. The second kappa shape index (κ2) is 6.64. The van der Waals surface area contributed by atoms with E-state index in [1.54, 1.807) is 4.90 Å². The van der Waals surface area contributed by atoms with Crippen molar-refractivity contribution in [3.63, 3.8) is 0 Å². The number of hydrogen-bond acceptors (Lipinski definition) is 1. The van der Waals surface area contributed by atoms with Gasteiger partial charge in [-0.15, -0.1) is 0 Å². The molecule has 1 saturated carbocycles. The van der Waals surface area contributed by atoms with Crippen LogP contribution in [0.1, 0.15) is 44.1 Å². The number of likely N-dealkylation sites (tertiary alicyclic amines) is 1. The van der Waals surface area contributed by atoms with Crippen LogP contribution in [0, 0.1) is 17.8 Å². The number of rotatable bonds is 3. The Morgan fingerprint density at radius 2 is 1.71 bits per heavy atom. The van der Waals surface area contributed by atoms with Crippen LogP contribution in [-0.2, 0) is 5.60 Å². The van der Waals surface area contributed by atoms with Gasteiger partial charge in [0.1, 0.15) is 6.54 Å². The molecule has 2 aliphatic rings. The SMILES string of the molecule is O[C@](C#CC[NH+]1CCCCCC1)(c1ccccc1)C1CC1. The van der Waals surface area contributed by atoms with Gasteiger partial charge in [0.25, 0.3) is 0 Å². The normalized spacial score (nSPS) is 22.7. The molecule has 2 nitrogen and oxygen atoms in total. The van der Waals surface area contributed by atoms with Crippen LogP contribution in [0.5, 0.6) is 0 Å². The van der Waals surface area contributed by atoms with E-state index in [4.69, 9.17) is 0 Å². The first-order valence-electron chi connectivity index (χ1n) is 8.40. The first kappa shape index (κ1) is 14.6. The molecule has 2 N–H and O–H groups in total. The third-order valence-electron chi connectivity index (χ3n) is 4.81. The van der Waals surface area contributed by atoms with Crippen LogP contribution >= 0.6 is 0 Å². The van der Waals surface area contributed by atoms with Crippen molar-refractivity contribution < 1.29 is 10.0 Å². The molecule has 2 fully saturated rings. The van der Waals surface area contributed by atoms with Crippen LogP contribution in [0.2, 0.25) is 0 Å². The summed E-state index contributed by atoms with van der Waals surface area (Å²) in [5.41, 5.74) is 0.0397. The highest BCUT2D eigenvalue weighted by molar-refractivity contribution is 5.34. The fourth-order valence-corrected chi connectivity index (χ4v) is 3.31. The molecular formula is C19H26NO+. The number of quaternary nitrogens is 1. The van der Waals surface area contributed by atoms with E-state index in [1.165, 1.54) is 38.8 Å². The number of hydrogen-bond donors (Lipinski definition) is 2. The van der Waals surface area contributed by atoms with Gasteiger partial charge in [-0.2, -0.15) is 0 Å². The predicted molar refractivity (Wildman–Crippen MR) is 84.9 cm³/mol. The highest BCUT2D eigenvalue weighted by Crippen LogP contribution is 2.45. The van der Waals surface area contributed by atoms with Crippen LogP contribution < -0.4 is 4.90 Å². The Bertz CT molecular complexity index is 503. The lowest BCUT2D eigenvalue weighted by Gasteiger charge is -2.22. The second-order valence-electron chi connectivity index (χ2n) is 6.55. The molecule has 3 rings (SSSR count). The molecule has 0 aromatic heterocycles. The summed E-state index contributed by atoms with van der Waals surface area (Å²) in [4.78, 5) is 1.59. The van der Waals surface area contributed by atoms with Crippen LogP contribution in [-0.4, -0.2) is 24.7 Å². The van der Waals surface area contributed by atoms with Crippen molar-refractivity contribution in [3.05, 3.63) is 35.9 Å². The quantitative estimate of drug-likeness (QED) is 0.812. The van der Waals surface area contributed by atoms with Gasteiger partial charge in [0.05, 0.1) is 13.1 Å². The lowest BCUT2D eigenvalue weighted by atomic mass is 9.89. The minimum atomic E-state index is -0.924. The van der Waals surface area contributed by atoms with Gasteiger partial charge in [0.2, 0.25) is 0 Å². The molecule has 0 unspecified atom stereocenters. The third-order valence-corrected chi connectivity index (χ3v) is 4.81. The van der Waals surface area contributed by atoms with Crippen molar-refractivity contribution in [2.24, 2.45) is 5.92 Å². The molecular weight excluding hydrogens is 258 g/mol. The predicted octanol–water partition coefficient (Wildman–Crippen LogP) is 1.75. The topological polar surface area (TPSA) is 24.7 Å². The Hall–Kier alpha value is -1.30. The molecule has 1 saturated heterocycles. The zero-order valence-corrected chi connectivity index (χ0v) is 12.8. The molecule has 0 spiro atoms. The Morgan fingerprint density at radius 1 is 1.05 bits per heavy atom.